The van der Waals surface area contributed by atoms with E-state index in [0.717, 1.165) is 50.8 Å². The van der Waals surface area contributed by atoms with Crippen LogP contribution in [0.5, 0.6) is 0 Å². The summed E-state index contributed by atoms with van der Waals surface area (Å²) in [5, 5.41) is 17.6. The lowest BCUT2D eigenvalue weighted by Crippen LogP contribution is -2.40. The Morgan fingerprint density at radius 1 is 1.09 bits per heavy atom. The van der Waals surface area contributed by atoms with Crippen molar-refractivity contribution in [2.45, 2.75) is 88.6 Å². The number of carbonyl (C=O) groups is 1. The molecule has 8 nitrogen and oxygen atoms in total. The van der Waals surface area contributed by atoms with Crippen LogP contribution in [0.15, 0.2) is 71.4 Å². The number of H-pyrrole nitrogens is 1. The maximum Gasteiger partial charge on any atom is 0.328 e. The van der Waals surface area contributed by atoms with Crippen LogP contribution in [0.3, 0.4) is 0 Å². The topological polar surface area (TPSA) is 158 Å². The Labute approximate surface area is 255 Å². The van der Waals surface area contributed by atoms with E-state index in [1.54, 1.807) is 0 Å². The lowest BCUT2D eigenvalue weighted by atomic mass is 9.57. The van der Waals surface area contributed by atoms with Crippen LogP contribution in [0.1, 0.15) is 87.7 Å². The van der Waals surface area contributed by atoms with Gasteiger partial charge in [0.05, 0.1) is 6.54 Å². The fraction of sp³-hybridized carbons (Fsp3) is 0.486. The SMILES string of the molecule is CCCC[C@H](N)CCC[C@H]1c2cc3ccccc3cc2[C@@H]2CC[C@@H]([C@@H]([N-]c3ccc[nH]3)/C(=C/C(=O)O)CN=C(N)N)[C@H]1C2. The Bertz CT molecular complexity index is 1430. The van der Waals surface area contributed by atoms with Crippen LogP contribution in [-0.2, 0) is 4.79 Å². The highest BCUT2D eigenvalue weighted by molar-refractivity contribution is 5.85. The van der Waals surface area contributed by atoms with Crippen molar-refractivity contribution in [2.24, 2.45) is 34.0 Å². The molecule has 1 aromatic heterocycles. The van der Waals surface area contributed by atoms with Crippen molar-refractivity contribution in [1.82, 2.24) is 4.98 Å². The lowest BCUT2D eigenvalue weighted by Gasteiger charge is -2.51. The molecule has 8 N–H and O–H groups in total. The van der Waals surface area contributed by atoms with Gasteiger partial charge in [-0.3, -0.25) is 0 Å². The molecule has 0 aliphatic heterocycles. The van der Waals surface area contributed by atoms with Crippen LogP contribution in [0.25, 0.3) is 16.1 Å². The second kappa shape index (κ2) is 14.1. The minimum absolute atomic E-state index is 0.0608. The molecule has 1 saturated carbocycles. The molecule has 230 valence electrons. The third-order valence-electron chi connectivity index (χ3n) is 9.68. The fourth-order valence-corrected chi connectivity index (χ4v) is 7.70. The first-order chi connectivity index (χ1) is 20.8. The van der Waals surface area contributed by atoms with Crippen LogP contribution in [0.2, 0.25) is 0 Å². The molecule has 0 radical (unpaired) electrons. The number of unbranched alkanes of at least 4 members (excludes halogenated alkanes) is 1. The number of aromatic amines is 1. The van der Waals surface area contributed by atoms with E-state index in [-0.39, 0.29) is 30.5 Å². The van der Waals surface area contributed by atoms with Gasteiger partial charge in [0.25, 0.3) is 0 Å². The number of aliphatic imine (C=N–C) groups is 1. The van der Waals surface area contributed by atoms with Crippen LogP contribution < -0.4 is 17.2 Å². The Morgan fingerprint density at radius 3 is 2.51 bits per heavy atom. The standard InChI is InChI=1S/C35H47N6O2/c1-2-3-10-26(36)11-6-12-27-30-19-24(29-17-22-8-4-5-9-23(22)18-31(27)29)14-15-28(30)34(41-32-13-7-16-39-32)25(20-33(42)43)21-40-35(37)38/h4-5,7-9,13,16-18,20,24,26-28,30,34,39H,2-3,6,10-12,14-15,19,21,36H2,1H3,(H,42,43)(H4,37,38,40)/q-1/b25-20+/t24-,26+,27-,28-,30+,34+/m1/s1. The molecule has 0 amide bonds. The molecule has 0 unspecified atom stereocenters. The summed E-state index contributed by atoms with van der Waals surface area (Å²) in [4.78, 5) is 19.5. The molecule has 2 aliphatic rings. The summed E-state index contributed by atoms with van der Waals surface area (Å²) in [7, 11) is 0. The number of aromatic nitrogens is 1. The molecule has 2 bridgehead atoms. The smallest absolute Gasteiger partial charge is 0.328 e. The highest BCUT2D eigenvalue weighted by Crippen LogP contribution is 2.57. The van der Waals surface area contributed by atoms with E-state index in [9.17, 15) is 9.90 Å². The predicted molar refractivity (Wildman–Crippen MR) is 176 cm³/mol. The summed E-state index contributed by atoms with van der Waals surface area (Å²) in [6.07, 6.45) is 12.7. The first-order valence-electron chi connectivity index (χ1n) is 15.9. The van der Waals surface area contributed by atoms with E-state index in [1.807, 2.05) is 18.3 Å². The maximum atomic E-state index is 12.0. The highest BCUT2D eigenvalue weighted by atomic mass is 16.4. The largest absolute Gasteiger partial charge is 0.478 e. The maximum absolute atomic E-state index is 12.0. The summed E-state index contributed by atoms with van der Waals surface area (Å²) in [5.41, 5.74) is 21.5. The zero-order valence-electron chi connectivity index (χ0n) is 25.3. The van der Waals surface area contributed by atoms with Gasteiger partial charge >= 0.3 is 5.97 Å². The van der Waals surface area contributed by atoms with E-state index in [1.165, 1.54) is 40.8 Å². The highest BCUT2D eigenvalue weighted by Gasteiger charge is 2.44. The third-order valence-corrected chi connectivity index (χ3v) is 9.68. The molecule has 0 saturated heterocycles. The number of rotatable bonds is 14. The molecule has 0 spiro atoms. The van der Waals surface area contributed by atoms with Gasteiger partial charge in [-0.2, -0.15) is 0 Å². The van der Waals surface area contributed by atoms with Crippen molar-refractivity contribution in [3.05, 3.63) is 82.8 Å². The number of hydrogen-bond donors (Lipinski definition) is 5. The van der Waals surface area contributed by atoms with Crippen molar-refractivity contribution < 1.29 is 9.90 Å². The minimum atomic E-state index is -1.01. The van der Waals surface area contributed by atoms with E-state index in [0.29, 0.717) is 23.3 Å². The number of nitrogens with one attached hydrogen (secondary N) is 1. The number of guanidine groups is 1. The molecule has 1 heterocycles. The Kier molecular flexibility index (Phi) is 10.1. The van der Waals surface area contributed by atoms with Crippen LogP contribution >= 0.6 is 0 Å². The average Bonchev–Trinajstić information content (AvgIpc) is 3.51. The fourth-order valence-electron chi connectivity index (χ4n) is 7.70. The van der Waals surface area contributed by atoms with E-state index < -0.39 is 5.97 Å². The first kappa shape index (κ1) is 30.7. The lowest BCUT2D eigenvalue weighted by molar-refractivity contribution is -0.131. The van der Waals surface area contributed by atoms with Crippen molar-refractivity contribution >= 4 is 28.5 Å². The molecule has 3 aromatic rings. The van der Waals surface area contributed by atoms with Crippen molar-refractivity contribution in [1.29, 1.82) is 0 Å². The molecule has 2 aliphatic carbocycles. The van der Waals surface area contributed by atoms with Crippen molar-refractivity contribution in [3.63, 3.8) is 0 Å². The number of benzene rings is 2. The minimum Gasteiger partial charge on any atom is -0.478 e. The number of carboxylic acid groups (broad SMARTS) is 1. The van der Waals surface area contributed by atoms with Gasteiger partial charge in [-0.15, -0.1) is 0 Å². The van der Waals surface area contributed by atoms with Gasteiger partial charge in [0, 0.05) is 12.1 Å². The van der Waals surface area contributed by atoms with Gasteiger partial charge in [-0.05, 0) is 95.7 Å². The van der Waals surface area contributed by atoms with Gasteiger partial charge in [0.2, 0.25) is 0 Å². The molecular formula is C35H47N6O2-. The summed E-state index contributed by atoms with van der Waals surface area (Å²) in [6.45, 7) is 2.32. The van der Waals surface area contributed by atoms with E-state index >= 15 is 0 Å². The molecule has 1 fully saturated rings. The molecule has 8 heteroatoms. The van der Waals surface area contributed by atoms with Gasteiger partial charge < -0.3 is 32.6 Å². The monoisotopic (exact) mass is 583 g/mol. The molecule has 6 atom stereocenters. The molecule has 43 heavy (non-hydrogen) atoms. The summed E-state index contributed by atoms with van der Waals surface area (Å²) < 4.78 is 0. The van der Waals surface area contributed by atoms with Gasteiger partial charge in [-0.1, -0.05) is 86.7 Å². The van der Waals surface area contributed by atoms with Crippen LogP contribution in [0.4, 0.5) is 5.82 Å². The van der Waals surface area contributed by atoms with Crippen LogP contribution in [-0.4, -0.2) is 40.6 Å². The Hall–Kier alpha value is -3.78. The number of fused-ring (bicyclic) bond motifs is 5. The van der Waals surface area contributed by atoms with Gasteiger partial charge in [-0.25, -0.2) is 9.79 Å². The molecule has 5 rings (SSSR count). The normalized spacial score (nSPS) is 22.9. The second-order valence-electron chi connectivity index (χ2n) is 12.5. The number of nitrogens with zero attached hydrogens (tertiary/aromatic N) is 2. The molecule has 2 aromatic carbocycles. The number of carboxylic acids is 1. The first-order valence-corrected chi connectivity index (χ1v) is 15.9. The van der Waals surface area contributed by atoms with Crippen LogP contribution in [0, 0.1) is 11.8 Å². The van der Waals surface area contributed by atoms with Gasteiger partial charge in [0.1, 0.15) is 0 Å². The second-order valence-corrected chi connectivity index (χ2v) is 12.5. The zero-order valence-corrected chi connectivity index (χ0v) is 25.3. The Morgan fingerprint density at radius 2 is 1.84 bits per heavy atom. The summed E-state index contributed by atoms with van der Waals surface area (Å²) >= 11 is 0. The molecular weight excluding hydrogens is 536 g/mol. The number of aliphatic carboxylic acids is 1. The van der Waals surface area contributed by atoms with E-state index in [2.05, 4.69) is 53.3 Å². The van der Waals surface area contributed by atoms with Crippen molar-refractivity contribution in [3.8, 4) is 0 Å². The van der Waals surface area contributed by atoms with E-state index in [4.69, 9.17) is 22.5 Å². The number of nitrogens with two attached hydrogens (primary N) is 3. The quantitative estimate of drug-likeness (QED) is 0.0800. The summed E-state index contributed by atoms with van der Waals surface area (Å²) in [5.74, 6) is 0.981. The Balaban J connectivity index is 1.53. The zero-order chi connectivity index (χ0) is 30.3. The van der Waals surface area contributed by atoms with Crippen molar-refractivity contribution in [2.75, 3.05) is 6.54 Å². The summed E-state index contributed by atoms with van der Waals surface area (Å²) in [6, 6.07) is 17.2. The van der Waals surface area contributed by atoms with Gasteiger partial charge in [0.15, 0.2) is 5.96 Å². The number of hydrogen-bond acceptors (Lipinski definition) is 3. The predicted octanol–water partition coefficient (Wildman–Crippen LogP) is 6.81. The average molecular weight is 584 g/mol. The third kappa shape index (κ3) is 7.42.